The number of hydrogen-bond donors (Lipinski definition) is 0. The van der Waals surface area contributed by atoms with Crippen LogP contribution in [0.5, 0.6) is 0 Å². The van der Waals surface area contributed by atoms with E-state index >= 15 is 0 Å². The van der Waals surface area contributed by atoms with Gasteiger partial charge in [-0.15, -0.1) is 0 Å². The lowest BCUT2D eigenvalue weighted by molar-refractivity contribution is -0.00314. The molecule has 0 aliphatic heterocycles. The van der Waals surface area contributed by atoms with E-state index in [1.807, 2.05) is 0 Å². The normalized spacial score (nSPS) is 15.9. The maximum absolute atomic E-state index is 6.42. The summed E-state index contributed by atoms with van der Waals surface area (Å²) in [6, 6.07) is 0. The highest BCUT2D eigenvalue weighted by molar-refractivity contribution is 6.48. The van der Waals surface area contributed by atoms with Crippen molar-refractivity contribution in [1.82, 2.24) is 0 Å². The molecular formula is C19H44O2Si2. The Morgan fingerprint density at radius 2 is 0.739 bits per heavy atom. The van der Waals surface area contributed by atoms with Gasteiger partial charge in [0.25, 0.3) is 0 Å². The Hall–Kier alpha value is 0.354. The fraction of sp³-hybridized carbons (Fsp3) is 1.00. The molecule has 0 heterocycles. The molecule has 0 aromatic carbocycles. The third-order valence-electron chi connectivity index (χ3n) is 4.00. The lowest BCUT2D eigenvalue weighted by atomic mass is 9.74. The lowest BCUT2D eigenvalue weighted by Gasteiger charge is -2.41. The minimum absolute atomic E-state index is 0.201. The Balaban J connectivity index is 4.46. The predicted octanol–water partition coefficient (Wildman–Crippen LogP) is 4.48. The summed E-state index contributed by atoms with van der Waals surface area (Å²) in [7, 11) is -0.979. The van der Waals surface area contributed by atoms with Crippen LogP contribution in [0, 0.1) is 21.7 Å². The summed E-state index contributed by atoms with van der Waals surface area (Å²) in [6.45, 7) is 27.5. The van der Waals surface area contributed by atoms with Crippen molar-refractivity contribution in [3.05, 3.63) is 0 Å². The highest BCUT2D eigenvalue weighted by Crippen LogP contribution is 2.37. The molecule has 0 aromatic rings. The minimum atomic E-state index is -0.490. The van der Waals surface area contributed by atoms with Crippen LogP contribution in [-0.4, -0.2) is 31.7 Å². The fourth-order valence-corrected chi connectivity index (χ4v) is 8.34. The van der Waals surface area contributed by atoms with Crippen LogP contribution in [0.1, 0.15) is 83.1 Å². The van der Waals surface area contributed by atoms with Crippen molar-refractivity contribution in [2.45, 2.75) is 101 Å². The van der Waals surface area contributed by atoms with Crippen molar-refractivity contribution in [2.24, 2.45) is 21.7 Å². The molecule has 0 bridgehead atoms. The van der Waals surface area contributed by atoms with Crippen LogP contribution in [0.15, 0.2) is 0 Å². The average Bonchev–Trinajstić information content (AvgIpc) is 2.19. The fourth-order valence-electron chi connectivity index (χ4n) is 4.06. The van der Waals surface area contributed by atoms with Crippen molar-refractivity contribution in [3.63, 3.8) is 0 Å². The molecule has 4 heteroatoms. The zero-order valence-corrected chi connectivity index (χ0v) is 20.9. The van der Waals surface area contributed by atoms with Gasteiger partial charge in [-0.3, -0.25) is 0 Å². The first-order chi connectivity index (χ1) is 9.97. The van der Waals surface area contributed by atoms with Crippen LogP contribution >= 0.6 is 0 Å². The summed E-state index contributed by atoms with van der Waals surface area (Å²) in [6.07, 6.45) is 0.661. The van der Waals surface area contributed by atoms with E-state index < -0.39 is 19.5 Å². The Bertz CT molecular complexity index is 278. The molecule has 0 rings (SSSR count). The van der Waals surface area contributed by atoms with E-state index in [0.717, 1.165) is 0 Å². The molecule has 23 heavy (non-hydrogen) atoms. The van der Waals surface area contributed by atoms with Gasteiger partial charge in [0.1, 0.15) is 0 Å². The molecule has 0 N–H and O–H groups in total. The predicted molar refractivity (Wildman–Crippen MR) is 109 cm³/mol. The van der Waals surface area contributed by atoms with Gasteiger partial charge in [0.05, 0.1) is 12.2 Å². The van der Waals surface area contributed by atoms with Gasteiger partial charge in [-0.05, 0) is 27.3 Å². The Morgan fingerprint density at radius 1 is 0.522 bits per heavy atom. The van der Waals surface area contributed by atoms with E-state index in [0.29, 0.717) is 12.2 Å². The highest BCUT2D eigenvalue weighted by Gasteiger charge is 2.36. The quantitative estimate of drug-likeness (QED) is 0.513. The van der Waals surface area contributed by atoms with Gasteiger partial charge in [0.15, 0.2) is 19.5 Å². The van der Waals surface area contributed by atoms with E-state index in [4.69, 9.17) is 8.85 Å². The first kappa shape index (κ1) is 23.4. The van der Waals surface area contributed by atoms with Crippen LogP contribution in [-0.2, 0) is 8.85 Å². The van der Waals surface area contributed by atoms with Gasteiger partial charge in [-0.25, -0.2) is 0 Å². The molecule has 140 valence electrons. The molecule has 0 unspecified atom stereocenters. The van der Waals surface area contributed by atoms with Crippen LogP contribution in [0.25, 0.3) is 0 Å². The lowest BCUT2D eigenvalue weighted by Crippen LogP contribution is -2.42. The largest absolute Gasteiger partial charge is 0.420 e. The zero-order valence-electron chi connectivity index (χ0n) is 18.1. The van der Waals surface area contributed by atoms with Crippen LogP contribution in [0.3, 0.4) is 0 Å². The van der Waals surface area contributed by atoms with Gasteiger partial charge in [-0.1, -0.05) is 83.1 Å². The highest BCUT2D eigenvalue weighted by atomic mass is 28.3. The molecule has 0 spiro atoms. The molecule has 0 radical (unpaired) electrons. The molecule has 0 aromatic heterocycles. The Kier molecular flexibility index (Phi) is 8.28. The Morgan fingerprint density at radius 3 is 0.913 bits per heavy atom. The van der Waals surface area contributed by atoms with Gasteiger partial charge in [-0.2, -0.15) is 0 Å². The number of hydrogen-bond acceptors (Lipinski definition) is 2. The minimum Gasteiger partial charge on any atom is -0.420 e. The van der Waals surface area contributed by atoms with Crippen molar-refractivity contribution >= 4 is 19.5 Å². The second-order valence-electron chi connectivity index (χ2n) is 11.3. The van der Waals surface area contributed by atoms with E-state index in [-0.39, 0.29) is 21.7 Å². The summed E-state index contributed by atoms with van der Waals surface area (Å²) in [5, 5.41) is 0. The first-order valence-corrected chi connectivity index (χ1v) is 12.4. The van der Waals surface area contributed by atoms with Crippen molar-refractivity contribution < 1.29 is 8.85 Å². The molecule has 0 fully saturated rings. The van der Waals surface area contributed by atoms with E-state index in [9.17, 15) is 0 Å². The maximum Gasteiger partial charge on any atom is 0.161 e. The summed E-state index contributed by atoms with van der Waals surface area (Å²) in [5.74, 6) is 0. The molecular weight excluding hydrogens is 316 g/mol. The van der Waals surface area contributed by atoms with Crippen LogP contribution in [0.2, 0.25) is 5.67 Å². The van der Waals surface area contributed by atoms with Crippen molar-refractivity contribution in [2.75, 3.05) is 0 Å². The number of rotatable bonds is 6. The van der Waals surface area contributed by atoms with Crippen molar-refractivity contribution in [3.8, 4) is 0 Å². The topological polar surface area (TPSA) is 18.5 Å². The summed E-state index contributed by atoms with van der Waals surface area (Å²) in [4.78, 5) is 0. The molecule has 0 aliphatic rings. The van der Waals surface area contributed by atoms with Crippen LogP contribution < -0.4 is 0 Å². The van der Waals surface area contributed by atoms with E-state index in [2.05, 4.69) is 83.1 Å². The molecule has 0 saturated heterocycles. The zero-order chi connectivity index (χ0) is 18.7. The standard InChI is InChI=1S/C19H44O2Si2/c1-16(2,3)14(17(4,5)6)20-22-13-23-21-15(18(7,8)9)19(10,11)12/h14-15H,13,22-23H2,1-12H3. The molecule has 2 nitrogen and oxygen atoms in total. The summed E-state index contributed by atoms with van der Waals surface area (Å²) in [5.41, 5.74) is 2.03. The smallest absolute Gasteiger partial charge is 0.161 e. The van der Waals surface area contributed by atoms with E-state index in [1.165, 1.54) is 5.67 Å². The third kappa shape index (κ3) is 8.85. The first-order valence-electron chi connectivity index (χ1n) is 9.20. The average molecular weight is 361 g/mol. The second-order valence-corrected chi connectivity index (χ2v) is 15.6. The van der Waals surface area contributed by atoms with Crippen molar-refractivity contribution in [1.29, 1.82) is 0 Å². The second kappa shape index (κ2) is 8.16. The van der Waals surface area contributed by atoms with Gasteiger partial charge >= 0.3 is 0 Å². The Labute approximate surface area is 151 Å². The third-order valence-corrected chi connectivity index (χ3v) is 7.45. The maximum atomic E-state index is 6.42. The van der Waals surface area contributed by atoms with Crippen LogP contribution in [0.4, 0.5) is 0 Å². The molecule has 0 atom stereocenters. The van der Waals surface area contributed by atoms with Gasteiger partial charge in [0, 0.05) is 0 Å². The summed E-state index contributed by atoms with van der Waals surface area (Å²) >= 11 is 0. The summed E-state index contributed by atoms with van der Waals surface area (Å²) < 4.78 is 12.8. The molecule has 0 saturated carbocycles. The molecule has 0 amide bonds. The monoisotopic (exact) mass is 360 g/mol. The van der Waals surface area contributed by atoms with Gasteiger partial charge in [0.2, 0.25) is 0 Å². The van der Waals surface area contributed by atoms with Gasteiger partial charge < -0.3 is 8.85 Å². The molecule has 0 aliphatic carbocycles. The SMILES string of the molecule is CC(C)(C)C(O[SiH2]C[SiH2]OC(C(C)(C)C)C(C)(C)C)C(C)(C)C. The van der Waals surface area contributed by atoms with E-state index in [1.54, 1.807) is 0 Å².